The van der Waals surface area contributed by atoms with Crippen molar-refractivity contribution in [3.63, 3.8) is 0 Å². The lowest BCUT2D eigenvalue weighted by Gasteiger charge is -1.99. The fraction of sp³-hybridized carbons (Fsp3) is 0.0476. The standard InChI is InChI=1S/C21H12O4S/c22-20-15-3-1-2-4-18(15)26-19(20)10-14-7-8-17(25-14)12-5-6-13-11-24-21(23)16(13)9-12/h1-10H,11H2/b19-10-. The molecule has 0 N–H and O–H groups in total. The molecule has 2 aliphatic heterocycles. The Hall–Kier alpha value is -3.05. The number of carbonyl (C=O) groups excluding carboxylic acids is 2. The summed E-state index contributed by atoms with van der Waals surface area (Å²) in [5, 5.41) is 0. The third kappa shape index (κ3) is 2.40. The van der Waals surface area contributed by atoms with E-state index in [-0.39, 0.29) is 11.8 Å². The van der Waals surface area contributed by atoms with Gasteiger partial charge in [0.25, 0.3) is 0 Å². The Labute approximate surface area is 153 Å². The SMILES string of the molecule is O=C1OCc2ccc(-c3ccc(/C=C4\Sc5ccccc5C4=O)o3)cc21. The van der Waals surface area contributed by atoms with Crippen LogP contribution in [0.2, 0.25) is 0 Å². The van der Waals surface area contributed by atoms with Crippen LogP contribution < -0.4 is 0 Å². The number of Topliss-reactive ketones (excluding diaryl/α,β-unsaturated/α-hetero) is 1. The second-order valence-corrected chi connectivity index (χ2v) is 7.17. The quantitative estimate of drug-likeness (QED) is 0.478. The van der Waals surface area contributed by atoms with Gasteiger partial charge in [-0.3, -0.25) is 4.79 Å². The lowest BCUT2D eigenvalue weighted by atomic mass is 10.0. The zero-order chi connectivity index (χ0) is 17.7. The van der Waals surface area contributed by atoms with E-state index in [0.717, 1.165) is 21.6 Å². The van der Waals surface area contributed by atoms with Crippen LogP contribution in [0.5, 0.6) is 0 Å². The van der Waals surface area contributed by atoms with E-state index in [1.807, 2.05) is 48.5 Å². The van der Waals surface area contributed by atoms with Gasteiger partial charge in [0.05, 0.1) is 10.5 Å². The van der Waals surface area contributed by atoms with Gasteiger partial charge in [-0.1, -0.05) is 36.0 Å². The first-order valence-electron chi connectivity index (χ1n) is 8.12. The summed E-state index contributed by atoms with van der Waals surface area (Å²) in [4.78, 5) is 25.8. The van der Waals surface area contributed by atoms with Gasteiger partial charge >= 0.3 is 5.97 Å². The zero-order valence-corrected chi connectivity index (χ0v) is 14.3. The monoisotopic (exact) mass is 360 g/mol. The molecule has 0 fully saturated rings. The van der Waals surface area contributed by atoms with Crippen LogP contribution in [0.25, 0.3) is 17.4 Å². The van der Waals surface area contributed by atoms with Gasteiger partial charge in [-0.15, -0.1) is 0 Å². The van der Waals surface area contributed by atoms with Crippen molar-refractivity contribution in [1.82, 2.24) is 0 Å². The van der Waals surface area contributed by atoms with Crippen molar-refractivity contribution in [2.45, 2.75) is 11.5 Å². The number of carbonyl (C=O) groups is 2. The molecule has 2 aromatic carbocycles. The smallest absolute Gasteiger partial charge is 0.338 e. The largest absolute Gasteiger partial charge is 0.457 e. The normalized spacial score (nSPS) is 16.7. The fourth-order valence-electron chi connectivity index (χ4n) is 3.12. The van der Waals surface area contributed by atoms with E-state index in [1.165, 1.54) is 11.8 Å². The van der Waals surface area contributed by atoms with E-state index < -0.39 is 0 Å². The summed E-state index contributed by atoms with van der Waals surface area (Å²) in [6.07, 6.45) is 1.76. The van der Waals surface area contributed by atoms with E-state index in [2.05, 4.69) is 0 Å². The Balaban J connectivity index is 1.46. The molecule has 0 bridgehead atoms. The van der Waals surface area contributed by atoms with Gasteiger partial charge in [-0.25, -0.2) is 4.79 Å². The Kier molecular flexibility index (Phi) is 3.36. The summed E-state index contributed by atoms with van der Waals surface area (Å²) < 4.78 is 10.9. The lowest BCUT2D eigenvalue weighted by Crippen LogP contribution is -1.93. The summed E-state index contributed by atoms with van der Waals surface area (Å²) in [5.74, 6) is 0.962. The zero-order valence-electron chi connectivity index (χ0n) is 13.5. The molecule has 0 atom stereocenters. The van der Waals surface area contributed by atoms with Crippen LogP contribution >= 0.6 is 11.8 Å². The van der Waals surface area contributed by atoms with Crippen LogP contribution in [0.3, 0.4) is 0 Å². The van der Waals surface area contributed by atoms with Crippen molar-refractivity contribution in [1.29, 1.82) is 0 Å². The summed E-state index contributed by atoms with van der Waals surface area (Å²) in [6, 6.07) is 16.8. The number of fused-ring (bicyclic) bond motifs is 2. The lowest BCUT2D eigenvalue weighted by molar-refractivity contribution is 0.0535. The first kappa shape index (κ1) is 15.2. The molecule has 3 aromatic rings. The Morgan fingerprint density at radius 3 is 2.73 bits per heavy atom. The van der Waals surface area contributed by atoms with Crippen LogP contribution in [0.15, 0.2) is 68.8 Å². The Bertz CT molecular complexity index is 1110. The molecule has 26 heavy (non-hydrogen) atoms. The van der Waals surface area contributed by atoms with Crippen LogP contribution in [0.1, 0.15) is 32.0 Å². The molecule has 0 spiro atoms. The van der Waals surface area contributed by atoms with Crippen LogP contribution in [-0.4, -0.2) is 11.8 Å². The number of furan rings is 1. The molecule has 0 saturated carbocycles. The second-order valence-electron chi connectivity index (χ2n) is 6.09. The summed E-state index contributed by atoms with van der Waals surface area (Å²) >= 11 is 1.45. The predicted molar refractivity (Wildman–Crippen MR) is 97.9 cm³/mol. The summed E-state index contributed by atoms with van der Waals surface area (Å²) in [7, 11) is 0. The highest BCUT2D eigenvalue weighted by Crippen LogP contribution is 2.41. The van der Waals surface area contributed by atoms with Crippen molar-refractivity contribution in [3.8, 4) is 11.3 Å². The van der Waals surface area contributed by atoms with Gasteiger partial charge in [0.1, 0.15) is 18.1 Å². The number of allylic oxidation sites excluding steroid dienone is 1. The molecule has 2 aliphatic rings. The number of hydrogen-bond donors (Lipinski definition) is 0. The highest BCUT2D eigenvalue weighted by molar-refractivity contribution is 8.04. The average molecular weight is 360 g/mol. The molecule has 1 aromatic heterocycles. The van der Waals surface area contributed by atoms with E-state index >= 15 is 0 Å². The minimum atomic E-state index is -0.304. The van der Waals surface area contributed by atoms with Gasteiger partial charge in [0, 0.05) is 21.6 Å². The number of rotatable bonds is 2. The van der Waals surface area contributed by atoms with E-state index in [1.54, 1.807) is 12.1 Å². The molecule has 0 aliphatic carbocycles. The highest BCUT2D eigenvalue weighted by Gasteiger charge is 2.26. The summed E-state index contributed by atoms with van der Waals surface area (Å²) in [5.41, 5.74) is 3.00. The molecule has 4 nitrogen and oxygen atoms in total. The molecule has 5 heteroatoms. The maximum absolute atomic E-state index is 12.5. The molecule has 3 heterocycles. The number of cyclic esters (lactones) is 1. The molecule has 0 saturated heterocycles. The van der Waals surface area contributed by atoms with E-state index in [4.69, 9.17) is 9.15 Å². The van der Waals surface area contributed by atoms with Gasteiger partial charge in [0.15, 0.2) is 0 Å². The predicted octanol–water partition coefficient (Wildman–Crippen LogP) is 4.95. The van der Waals surface area contributed by atoms with Gasteiger partial charge < -0.3 is 9.15 Å². The van der Waals surface area contributed by atoms with E-state index in [9.17, 15) is 9.59 Å². The third-order valence-electron chi connectivity index (χ3n) is 4.45. The number of ether oxygens (including phenoxy) is 1. The number of hydrogen-bond acceptors (Lipinski definition) is 5. The van der Waals surface area contributed by atoms with Crippen LogP contribution in [0.4, 0.5) is 0 Å². The Morgan fingerprint density at radius 1 is 0.962 bits per heavy atom. The van der Waals surface area contributed by atoms with E-state index in [0.29, 0.717) is 28.6 Å². The van der Waals surface area contributed by atoms with Gasteiger partial charge in [-0.2, -0.15) is 0 Å². The molecule has 0 unspecified atom stereocenters. The Morgan fingerprint density at radius 2 is 1.85 bits per heavy atom. The maximum Gasteiger partial charge on any atom is 0.338 e. The number of ketones is 1. The second kappa shape index (κ2) is 5.75. The van der Waals surface area contributed by atoms with Gasteiger partial charge in [0.2, 0.25) is 5.78 Å². The van der Waals surface area contributed by atoms with Crippen molar-refractivity contribution in [3.05, 3.63) is 82.0 Å². The highest BCUT2D eigenvalue weighted by atomic mass is 32.2. The molecular weight excluding hydrogens is 348 g/mol. The average Bonchev–Trinajstić information content (AvgIpc) is 3.35. The first-order valence-corrected chi connectivity index (χ1v) is 8.94. The van der Waals surface area contributed by atoms with Crippen molar-refractivity contribution in [2.75, 3.05) is 0 Å². The number of esters is 1. The third-order valence-corrected chi connectivity index (χ3v) is 5.55. The minimum absolute atomic E-state index is 0.0174. The van der Waals surface area contributed by atoms with Gasteiger partial charge in [-0.05, 0) is 36.4 Å². The molecule has 5 rings (SSSR count). The topological polar surface area (TPSA) is 56.5 Å². The molecule has 0 amide bonds. The number of benzene rings is 2. The fourth-order valence-corrected chi connectivity index (χ4v) is 4.15. The maximum atomic E-state index is 12.5. The first-order chi connectivity index (χ1) is 12.7. The van der Waals surface area contributed by atoms with Crippen LogP contribution in [0, 0.1) is 0 Å². The van der Waals surface area contributed by atoms with Crippen molar-refractivity contribution in [2.24, 2.45) is 0 Å². The summed E-state index contributed by atoms with van der Waals surface area (Å²) in [6.45, 7) is 0.323. The molecule has 0 radical (unpaired) electrons. The van der Waals surface area contributed by atoms with Crippen molar-refractivity contribution < 1.29 is 18.7 Å². The minimum Gasteiger partial charge on any atom is -0.457 e. The molecular formula is C21H12O4S. The molecule has 126 valence electrons. The number of thioether (sulfide) groups is 1. The van der Waals surface area contributed by atoms with Crippen LogP contribution in [-0.2, 0) is 11.3 Å². The van der Waals surface area contributed by atoms with Crippen molar-refractivity contribution >= 4 is 29.6 Å².